The van der Waals surface area contributed by atoms with Gasteiger partial charge in [-0.1, -0.05) is 24.3 Å². The molecule has 0 aromatic heterocycles. The summed E-state index contributed by atoms with van der Waals surface area (Å²) in [6.07, 6.45) is 0. The Labute approximate surface area is 103 Å². The Kier molecular flexibility index (Phi) is 5.21. The normalized spacial score (nSPS) is 12.7. The van der Waals surface area contributed by atoms with Crippen molar-refractivity contribution in [3.63, 3.8) is 0 Å². The Morgan fingerprint density at radius 2 is 1.17 bits per heavy atom. The number of hydrogen-bond acceptors (Lipinski definition) is 4. The molecule has 0 saturated heterocycles. The molecular formula is C8H12O8P2. The molecule has 1 aromatic rings. The van der Waals surface area contributed by atoms with Crippen LogP contribution >= 0.6 is 15.6 Å². The molecular weight excluding hydrogens is 286 g/mol. The molecule has 0 saturated carbocycles. The Morgan fingerprint density at radius 1 is 0.833 bits per heavy atom. The zero-order valence-electron chi connectivity index (χ0n) is 9.04. The molecule has 0 fully saturated rings. The Balaban J connectivity index is 2.74. The lowest BCUT2D eigenvalue weighted by atomic mass is 10.1. The van der Waals surface area contributed by atoms with Crippen molar-refractivity contribution in [3.05, 3.63) is 35.4 Å². The van der Waals surface area contributed by atoms with Crippen LogP contribution in [-0.2, 0) is 31.4 Å². The maximum Gasteiger partial charge on any atom is 0.469 e. The zero-order valence-corrected chi connectivity index (χ0v) is 10.8. The summed E-state index contributed by atoms with van der Waals surface area (Å²) in [6.45, 7) is -0.768. The van der Waals surface area contributed by atoms with Gasteiger partial charge in [0.25, 0.3) is 0 Å². The van der Waals surface area contributed by atoms with Crippen LogP contribution in [0, 0.1) is 0 Å². The van der Waals surface area contributed by atoms with Crippen LogP contribution in [0.15, 0.2) is 24.3 Å². The van der Waals surface area contributed by atoms with Gasteiger partial charge in [0.2, 0.25) is 0 Å². The summed E-state index contributed by atoms with van der Waals surface area (Å²) in [5.41, 5.74) is 0.739. The molecule has 10 heteroatoms. The summed E-state index contributed by atoms with van der Waals surface area (Å²) in [6, 6.07) is 6.21. The molecule has 0 unspecified atom stereocenters. The van der Waals surface area contributed by atoms with E-state index >= 15 is 0 Å². The molecule has 0 aliphatic carbocycles. The van der Waals surface area contributed by atoms with Gasteiger partial charge in [-0.05, 0) is 11.1 Å². The van der Waals surface area contributed by atoms with Crippen molar-refractivity contribution in [3.8, 4) is 0 Å². The smallest absolute Gasteiger partial charge is 0.303 e. The first-order valence-corrected chi connectivity index (χ1v) is 7.70. The molecule has 4 N–H and O–H groups in total. The number of phosphoric ester groups is 2. The van der Waals surface area contributed by atoms with Crippen molar-refractivity contribution >= 4 is 15.6 Å². The van der Waals surface area contributed by atoms with Crippen molar-refractivity contribution in [1.29, 1.82) is 0 Å². The highest BCUT2D eigenvalue weighted by Crippen LogP contribution is 2.39. The van der Waals surface area contributed by atoms with Crippen LogP contribution in [0.25, 0.3) is 0 Å². The fraction of sp³-hybridized carbons (Fsp3) is 0.250. The SMILES string of the molecule is O=P(O)(O)OCc1ccccc1COP(=O)(O)O. The van der Waals surface area contributed by atoms with E-state index in [1.807, 2.05) is 0 Å². The van der Waals surface area contributed by atoms with Crippen LogP contribution < -0.4 is 0 Å². The average Bonchev–Trinajstić information content (AvgIpc) is 2.22. The van der Waals surface area contributed by atoms with Crippen molar-refractivity contribution < 1.29 is 37.8 Å². The predicted molar refractivity (Wildman–Crippen MR) is 60.1 cm³/mol. The molecule has 18 heavy (non-hydrogen) atoms. The maximum absolute atomic E-state index is 10.5. The predicted octanol–water partition coefficient (Wildman–Crippen LogP) is 0.905. The van der Waals surface area contributed by atoms with Crippen molar-refractivity contribution in [2.24, 2.45) is 0 Å². The van der Waals surface area contributed by atoms with Gasteiger partial charge >= 0.3 is 15.6 Å². The largest absolute Gasteiger partial charge is 0.469 e. The highest BCUT2D eigenvalue weighted by atomic mass is 31.2. The highest BCUT2D eigenvalue weighted by Gasteiger charge is 2.17. The van der Waals surface area contributed by atoms with Crippen molar-refractivity contribution in [2.45, 2.75) is 13.2 Å². The van der Waals surface area contributed by atoms with Crippen LogP contribution in [0.3, 0.4) is 0 Å². The van der Waals surface area contributed by atoms with Gasteiger partial charge in [-0.15, -0.1) is 0 Å². The topological polar surface area (TPSA) is 134 Å². The van der Waals surface area contributed by atoms with E-state index in [1.165, 1.54) is 12.1 Å². The lowest BCUT2D eigenvalue weighted by molar-refractivity contribution is 0.177. The summed E-state index contributed by atoms with van der Waals surface area (Å²) in [7, 11) is -9.19. The highest BCUT2D eigenvalue weighted by molar-refractivity contribution is 7.46. The second-order valence-corrected chi connectivity index (χ2v) is 5.78. The zero-order chi connectivity index (χ0) is 13.8. The Bertz CT molecular complexity index is 445. The molecule has 0 heterocycles. The van der Waals surface area contributed by atoms with E-state index in [9.17, 15) is 9.13 Å². The fourth-order valence-corrected chi connectivity index (χ4v) is 1.76. The molecule has 0 bridgehead atoms. The minimum Gasteiger partial charge on any atom is -0.303 e. The second kappa shape index (κ2) is 6.06. The number of hydrogen-bond donors (Lipinski definition) is 4. The standard InChI is InChI=1S/C8H12O8P2/c9-17(10,11)15-5-7-3-1-2-4-8(7)6-16-18(12,13)14/h1-4H,5-6H2,(H2,9,10,11)(H2,12,13,14). The average molecular weight is 298 g/mol. The lowest BCUT2D eigenvalue weighted by Crippen LogP contribution is -1.99. The van der Waals surface area contributed by atoms with E-state index in [-0.39, 0.29) is 13.2 Å². The van der Waals surface area contributed by atoms with Gasteiger partial charge in [-0.2, -0.15) is 0 Å². The molecule has 1 aromatic carbocycles. The molecule has 0 aliphatic rings. The minimum atomic E-state index is -4.60. The van der Waals surface area contributed by atoms with E-state index in [0.29, 0.717) is 11.1 Å². The van der Waals surface area contributed by atoms with Crippen LogP contribution in [0.4, 0.5) is 0 Å². The first kappa shape index (κ1) is 15.5. The third-order valence-electron chi connectivity index (χ3n) is 1.89. The molecule has 1 rings (SSSR count). The van der Waals surface area contributed by atoms with Gasteiger partial charge in [0.05, 0.1) is 13.2 Å². The van der Waals surface area contributed by atoms with Gasteiger partial charge in [-0.3, -0.25) is 9.05 Å². The lowest BCUT2D eigenvalue weighted by Gasteiger charge is -2.11. The summed E-state index contributed by atoms with van der Waals surface area (Å²) in [5, 5.41) is 0. The van der Waals surface area contributed by atoms with Crippen LogP contribution in [-0.4, -0.2) is 19.6 Å². The Morgan fingerprint density at radius 3 is 1.44 bits per heavy atom. The van der Waals surface area contributed by atoms with Gasteiger partial charge in [-0.25, -0.2) is 9.13 Å². The molecule has 0 spiro atoms. The van der Waals surface area contributed by atoms with Crippen molar-refractivity contribution in [1.82, 2.24) is 0 Å². The van der Waals surface area contributed by atoms with E-state index in [2.05, 4.69) is 9.05 Å². The number of benzene rings is 1. The van der Waals surface area contributed by atoms with E-state index in [0.717, 1.165) is 0 Å². The van der Waals surface area contributed by atoms with Crippen LogP contribution in [0.1, 0.15) is 11.1 Å². The molecule has 0 amide bonds. The summed E-state index contributed by atoms with van der Waals surface area (Å²) in [4.78, 5) is 34.2. The summed E-state index contributed by atoms with van der Waals surface area (Å²) < 4.78 is 29.7. The first-order chi connectivity index (χ1) is 8.17. The molecule has 8 nitrogen and oxygen atoms in total. The second-order valence-electron chi connectivity index (χ2n) is 3.30. The minimum absolute atomic E-state index is 0.370. The van der Waals surface area contributed by atoms with Crippen molar-refractivity contribution in [2.75, 3.05) is 0 Å². The van der Waals surface area contributed by atoms with E-state index < -0.39 is 15.6 Å². The molecule has 0 atom stereocenters. The summed E-state index contributed by atoms with van der Waals surface area (Å²) >= 11 is 0. The van der Waals surface area contributed by atoms with Gasteiger partial charge in [0, 0.05) is 0 Å². The third-order valence-corrected chi connectivity index (χ3v) is 2.83. The molecule has 0 aliphatic heterocycles. The quantitative estimate of drug-likeness (QED) is 0.569. The van der Waals surface area contributed by atoms with Gasteiger partial charge in [0.1, 0.15) is 0 Å². The third kappa shape index (κ3) is 6.39. The maximum atomic E-state index is 10.5. The van der Waals surface area contributed by atoms with Gasteiger partial charge < -0.3 is 19.6 Å². The van der Waals surface area contributed by atoms with E-state index in [1.54, 1.807) is 12.1 Å². The Hall–Kier alpha value is -0.560. The molecule has 0 radical (unpaired) electrons. The monoisotopic (exact) mass is 298 g/mol. The molecule has 102 valence electrons. The fourth-order valence-electron chi connectivity index (χ4n) is 1.15. The van der Waals surface area contributed by atoms with Gasteiger partial charge in [0.15, 0.2) is 0 Å². The first-order valence-electron chi connectivity index (χ1n) is 4.64. The van der Waals surface area contributed by atoms with Crippen LogP contribution in [0.5, 0.6) is 0 Å². The van der Waals surface area contributed by atoms with E-state index in [4.69, 9.17) is 19.6 Å². The summed E-state index contributed by atoms with van der Waals surface area (Å²) in [5.74, 6) is 0. The van der Waals surface area contributed by atoms with Crippen LogP contribution in [0.2, 0.25) is 0 Å². The number of phosphoric acid groups is 2. The number of rotatable bonds is 6.